The van der Waals surface area contributed by atoms with Crippen molar-refractivity contribution in [1.82, 2.24) is 4.90 Å². The Kier molecular flexibility index (Phi) is 5.37. The molecule has 2 unspecified atom stereocenters. The number of hydrogen-bond acceptors (Lipinski definition) is 6. The molecule has 6 nitrogen and oxygen atoms in total. The number of ether oxygens (including phenoxy) is 3. The summed E-state index contributed by atoms with van der Waals surface area (Å²) in [7, 11) is 3.30. The van der Waals surface area contributed by atoms with Crippen LogP contribution in [0.3, 0.4) is 0 Å². The lowest BCUT2D eigenvalue weighted by atomic mass is 9.79. The average Bonchev–Trinajstić information content (AvgIpc) is 2.83. The van der Waals surface area contributed by atoms with Gasteiger partial charge in [0.15, 0.2) is 17.3 Å². The molecule has 2 atom stereocenters. The Morgan fingerprint density at radius 1 is 1.00 bits per heavy atom. The predicted molar refractivity (Wildman–Crippen MR) is 119 cm³/mol. The van der Waals surface area contributed by atoms with Gasteiger partial charge < -0.3 is 19.1 Å². The van der Waals surface area contributed by atoms with E-state index in [0.29, 0.717) is 18.4 Å². The van der Waals surface area contributed by atoms with Gasteiger partial charge in [-0.15, -0.1) is 0 Å². The van der Waals surface area contributed by atoms with Crippen molar-refractivity contribution in [1.29, 1.82) is 0 Å². The van der Waals surface area contributed by atoms with Gasteiger partial charge in [-0.3, -0.25) is 4.79 Å². The molecule has 166 valence electrons. The zero-order chi connectivity index (χ0) is 22.2. The topological polar surface area (TPSA) is 65.1 Å². The quantitative estimate of drug-likeness (QED) is 0.672. The summed E-state index contributed by atoms with van der Waals surface area (Å²) in [5.74, 6) is 1.33. The molecule has 32 heavy (non-hydrogen) atoms. The van der Waals surface area contributed by atoms with E-state index in [4.69, 9.17) is 14.2 Å². The van der Waals surface area contributed by atoms with Gasteiger partial charge in [0.25, 0.3) is 0 Å². The Morgan fingerprint density at radius 3 is 2.56 bits per heavy atom. The van der Waals surface area contributed by atoms with Gasteiger partial charge in [-0.2, -0.15) is 0 Å². The van der Waals surface area contributed by atoms with E-state index in [9.17, 15) is 9.59 Å². The van der Waals surface area contributed by atoms with Crippen LogP contribution in [0.25, 0.3) is 0 Å². The molecule has 3 aliphatic rings. The van der Waals surface area contributed by atoms with Crippen LogP contribution in [-0.2, 0) is 16.0 Å². The highest BCUT2D eigenvalue weighted by Crippen LogP contribution is 2.47. The normalized spacial score (nSPS) is 21.9. The SMILES string of the molecule is COc1ccc2c(c1OC)CCN1C3=C(CC(OC(=O)c4ccccc4)CC3)C(=O)CC21. The monoisotopic (exact) mass is 433 g/mol. The second kappa shape index (κ2) is 8.34. The molecule has 0 N–H and O–H groups in total. The summed E-state index contributed by atoms with van der Waals surface area (Å²) in [5, 5.41) is 0. The molecular weight excluding hydrogens is 406 g/mol. The molecule has 0 bridgehead atoms. The van der Waals surface area contributed by atoms with Crippen LogP contribution in [0, 0.1) is 0 Å². The largest absolute Gasteiger partial charge is 0.493 e. The molecule has 0 fully saturated rings. The Morgan fingerprint density at radius 2 is 1.81 bits per heavy atom. The van der Waals surface area contributed by atoms with E-state index in [1.54, 1.807) is 26.4 Å². The zero-order valence-corrected chi connectivity index (χ0v) is 18.4. The van der Waals surface area contributed by atoms with Crippen LogP contribution in [0.2, 0.25) is 0 Å². The van der Waals surface area contributed by atoms with Crippen molar-refractivity contribution < 1.29 is 23.8 Å². The molecular formula is C26H27NO5. The standard InChI is InChI=1S/C26H27NO5/c1-30-24-11-9-18-19(25(24)31-2)12-13-27-21-10-8-17(14-20(21)23(28)15-22(18)27)32-26(29)16-6-4-3-5-7-16/h3-7,9,11,17,22H,8,10,12-15H2,1-2H3. The van der Waals surface area contributed by atoms with Gasteiger partial charge >= 0.3 is 5.97 Å². The van der Waals surface area contributed by atoms with Gasteiger partial charge in [-0.25, -0.2) is 4.79 Å². The summed E-state index contributed by atoms with van der Waals surface area (Å²) in [6, 6.07) is 13.0. The van der Waals surface area contributed by atoms with Crippen LogP contribution in [0.15, 0.2) is 53.7 Å². The second-order valence-corrected chi connectivity index (χ2v) is 8.52. The molecule has 5 rings (SSSR count). The molecule has 2 aromatic carbocycles. The third kappa shape index (κ3) is 3.44. The molecule has 6 heteroatoms. The molecule has 0 spiro atoms. The Balaban J connectivity index is 1.39. The Bertz CT molecular complexity index is 1090. The minimum absolute atomic E-state index is 0.0215. The highest BCUT2D eigenvalue weighted by molar-refractivity contribution is 5.98. The number of rotatable bonds is 4. The van der Waals surface area contributed by atoms with Crippen LogP contribution < -0.4 is 9.47 Å². The lowest BCUT2D eigenvalue weighted by Crippen LogP contribution is -2.43. The second-order valence-electron chi connectivity index (χ2n) is 8.52. The van der Waals surface area contributed by atoms with Gasteiger partial charge in [-0.1, -0.05) is 24.3 Å². The number of ketones is 1. The summed E-state index contributed by atoms with van der Waals surface area (Å²) < 4.78 is 16.9. The first-order chi connectivity index (χ1) is 15.6. The molecule has 0 aromatic heterocycles. The predicted octanol–water partition coefficient (Wildman–Crippen LogP) is 4.24. The lowest BCUT2D eigenvalue weighted by molar-refractivity contribution is -0.118. The summed E-state index contributed by atoms with van der Waals surface area (Å²) in [6.45, 7) is 0.835. The number of carbonyl (C=O) groups excluding carboxylic acids is 2. The number of carbonyl (C=O) groups is 2. The van der Waals surface area contributed by atoms with E-state index in [0.717, 1.165) is 59.7 Å². The van der Waals surface area contributed by atoms with Crippen molar-refractivity contribution in [2.24, 2.45) is 0 Å². The fourth-order valence-electron chi connectivity index (χ4n) is 5.36. The number of Topliss-reactive ketones (excluding diaryl/α,β-unsaturated/α-hetero) is 1. The number of methoxy groups -OCH3 is 2. The number of hydrogen-bond donors (Lipinski definition) is 0. The van der Waals surface area contributed by atoms with Gasteiger partial charge in [0.2, 0.25) is 0 Å². The number of esters is 1. The molecule has 0 radical (unpaired) electrons. The molecule has 0 saturated carbocycles. The maximum atomic E-state index is 13.2. The van der Waals surface area contributed by atoms with Crippen LogP contribution in [0.1, 0.15) is 53.2 Å². The number of nitrogens with zero attached hydrogens (tertiary/aromatic N) is 1. The fourth-order valence-corrected chi connectivity index (χ4v) is 5.36. The van der Waals surface area contributed by atoms with Crippen LogP contribution in [0.4, 0.5) is 0 Å². The number of allylic oxidation sites excluding steroid dienone is 1. The van der Waals surface area contributed by atoms with E-state index >= 15 is 0 Å². The first-order valence-electron chi connectivity index (χ1n) is 11.1. The van der Waals surface area contributed by atoms with E-state index in [-0.39, 0.29) is 23.9 Å². The van der Waals surface area contributed by atoms with Crippen LogP contribution >= 0.6 is 0 Å². The average molecular weight is 434 g/mol. The highest BCUT2D eigenvalue weighted by atomic mass is 16.5. The minimum atomic E-state index is -0.325. The summed E-state index contributed by atoms with van der Waals surface area (Å²) >= 11 is 0. The lowest BCUT2D eigenvalue weighted by Gasteiger charge is -2.46. The summed E-state index contributed by atoms with van der Waals surface area (Å²) in [4.78, 5) is 28.1. The van der Waals surface area contributed by atoms with E-state index in [1.807, 2.05) is 24.3 Å². The van der Waals surface area contributed by atoms with E-state index in [1.165, 1.54) is 0 Å². The number of benzene rings is 2. The minimum Gasteiger partial charge on any atom is -0.493 e. The summed E-state index contributed by atoms with van der Waals surface area (Å²) in [6.07, 6.45) is 2.97. The van der Waals surface area contributed by atoms with Crippen molar-refractivity contribution in [3.63, 3.8) is 0 Å². The molecule has 1 aliphatic carbocycles. The number of fused-ring (bicyclic) bond motifs is 4. The Hall–Kier alpha value is -3.28. The molecule has 0 amide bonds. The molecule has 2 aromatic rings. The molecule has 0 saturated heterocycles. The van der Waals surface area contributed by atoms with Gasteiger partial charge in [0, 0.05) is 36.2 Å². The van der Waals surface area contributed by atoms with Crippen LogP contribution in [-0.4, -0.2) is 43.5 Å². The van der Waals surface area contributed by atoms with Gasteiger partial charge in [-0.05, 0) is 43.0 Å². The smallest absolute Gasteiger partial charge is 0.338 e. The van der Waals surface area contributed by atoms with Crippen molar-refractivity contribution in [2.45, 2.75) is 44.2 Å². The Labute approximate surface area is 187 Å². The highest BCUT2D eigenvalue weighted by Gasteiger charge is 2.41. The van der Waals surface area contributed by atoms with E-state index < -0.39 is 0 Å². The van der Waals surface area contributed by atoms with Crippen molar-refractivity contribution in [3.8, 4) is 11.5 Å². The maximum Gasteiger partial charge on any atom is 0.338 e. The maximum absolute atomic E-state index is 13.2. The molecule has 2 aliphatic heterocycles. The first kappa shape index (κ1) is 20.6. The molecule has 2 heterocycles. The third-order valence-corrected chi connectivity index (χ3v) is 6.85. The summed E-state index contributed by atoms with van der Waals surface area (Å²) in [5.41, 5.74) is 4.78. The third-order valence-electron chi connectivity index (χ3n) is 6.85. The fraction of sp³-hybridized carbons (Fsp3) is 0.385. The van der Waals surface area contributed by atoms with E-state index in [2.05, 4.69) is 11.0 Å². The van der Waals surface area contributed by atoms with Crippen molar-refractivity contribution in [2.75, 3.05) is 20.8 Å². The zero-order valence-electron chi connectivity index (χ0n) is 18.4. The first-order valence-corrected chi connectivity index (χ1v) is 11.1. The van der Waals surface area contributed by atoms with Crippen molar-refractivity contribution in [3.05, 3.63) is 70.4 Å². The van der Waals surface area contributed by atoms with Gasteiger partial charge in [0.05, 0.1) is 25.8 Å². The van der Waals surface area contributed by atoms with Gasteiger partial charge in [0.1, 0.15) is 6.10 Å². The van der Waals surface area contributed by atoms with Crippen molar-refractivity contribution >= 4 is 11.8 Å². The van der Waals surface area contributed by atoms with Crippen LogP contribution in [0.5, 0.6) is 11.5 Å².